The number of esters is 1. The molecular weight excluding hydrogens is 404 g/mol. The van der Waals surface area contributed by atoms with Crippen LogP contribution in [0.3, 0.4) is 0 Å². The van der Waals surface area contributed by atoms with Crippen LogP contribution in [0.5, 0.6) is 5.75 Å². The molecule has 0 amide bonds. The second-order valence-electron chi connectivity index (χ2n) is 6.50. The minimum atomic E-state index is -1.04. The van der Waals surface area contributed by atoms with Crippen molar-refractivity contribution in [3.8, 4) is 11.8 Å². The molecule has 10 heteroatoms. The van der Waals surface area contributed by atoms with E-state index in [-0.39, 0.29) is 17.9 Å². The number of methoxy groups -OCH3 is 1. The number of rotatable bonds is 8. The highest BCUT2D eigenvalue weighted by Crippen LogP contribution is 2.14. The maximum Gasteiger partial charge on any atom is 0.349 e. The van der Waals surface area contributed by atoms with Gasteiger partial charge in [-0.1, -0.05) is 19.1 Å². The van der Waals surface area contributed by atoms with E-state index in [1.807, 2.05) is 0 Å². The molecular formula is C21H22N4O6. The smallest absolute Gasteiger partial charge is 0.349 e. The number of nitrogens with two attached hydrogens (primary N) is 1. The number of benzene rings is 1. The van der Waals surface area contributed by atoms with E-state index in [2.05, 4.69) is 0 Å². The first-order valence-corrected chi connectivity index (χ1v) is 9.30. The molecule has 0 saturated carbocycles. The summed E-state index contributed by atoms with van der Waals surface area (Å²) in [5.41, 5.74) is 4.11. The van der Waals surface area contributed by atoms with E-state index in [9.17, 15) is 24.4 Å². The van der Waals surface area contributed by atoms with Crippen LogP contribution in [0, 0.1) is 11.3 Å². The van der Waals surface area contributed by atoms with E-state index in [0.29, 0.717) is 17.7 Å². The Morgan fingerprint density at radius 1 is 1.23 bits per heavy atom. The molecule has 0 atom stereocenters. The molecule has 2 rings (SSSR count). The highest BCUT2D eigenvalue weighted by atomic mass is 16.5. The molecule has 0 aliphatic heterocycles. The first kappa shape index (κ1) is 23.2. The minimum Gasteiger partial charge on any atom is -0.497 e. The van der Waals surface area contributed by atoms with E-state index in [1.54, 1.807) is 37.3 Å². The van der Waals surface area contributed by atoms with Crippen molar-refractivity contribution >= 4 is 23.6 Å². The molecule has 0 spiro atoms. The number of hydrogen-bond donors (Lipinski definition) is 1. The van der Waals surface area contributed by atoms with Crippen LogP contribution in [-0.4, -0.2) is 34.6 Å². The van der Waals surface area contributed by atoms with Crippen molar-refractivity contribution in [1.29, 1.82) is 5.26 Å². The van der Waals surface area contributed by atoms with Gasteiger partial charge >= 0.3 is 11.7 Å². The van der Waals surface area contributed by atoms with Crippen LogP contribution in [0.2, 0.25) is 0 Å². The quantitative estimate of drug-likeness (QED) is 0.283. The molecule has 0 aliphatic rings. The molecule has 0 fully saturated rings. The number of nitrogens with zero attached hydrogens (tertiary/aromatic N) is 3. The highest BCUT2D eigenvalue weighted by Gasteiger charge is 2.23. The van der Waals surface area contributed by atoms with Crippen molar-refractivity contribution in [1.82, 2.24) is 9.13 Å². The number of ether oxygens (including phenoxy) is 2. The predicted molar refractivity (Wildman–Crippen MR) is 113 cm³/mol. The normalized spacial score (nSPS) is 11.0. The number of carbonyl (C=O) groups excluding carboxylic acids is 2. The monoisotopic (exact) mass is 426 g/mol. The van der Waals surface area contributed by atoms with Crippen molar-refractivity contribution in [2.75, 3.05) is 19.5 Å². The van der Waals surface area contributed by atoms with Gasteiger partial charge in [-0.2, -0.15) is 5.26 Å². The van der Waals surface area contributed by atoms with Gasteiger partial charge in [0.15, 0.2) is 6.61 Å². The molecule has 162 valence electrons. The minimum absolute atomic E-state index is 0.210. The molecule has 2 aromatic rings. The number of anilines is 1. The summed E-state index contributed by atoms with van der Waals surface area (Å²) in [6, 6.07) is 8.29. The van der Waals surface area contributed by atoms with Gasteiger partial charge in [0.2, 0.25) is 5.78 Å². The SMILES string of the molecule is CCCn1c(N)c(C(=O)COC(=O)/C(C#N)=C/c2ccc(OC)cc2)c(=O)n(C)c1=O. The summed E-state index contributed by atoms with van der Waals surface area (Å²) in [5, 5.41) is 9.25. The maximum absolute atomic E-state index is 12.5. The van der Waals surface area contributed by atoms with Gasteiger partial charge in [-0.15, -0.1) is 0 Å². The molecule has 10 nitrogen and oxygen atoms in total. The molecule has 0 saturated heterocycles. The number of ketones is 1. The predicted octanol–water partition coefficient (Wildman–Crippen LogP) is 0.881. The van der Waals surface area contributed by atoms with Crippen molar-refractivity contribution < 1.29 is 19.1 Å². The van der Waals surface area contributed by atoms with Crippen LogP contribution in [0.1, 0.15) is 29.3 Å². The zero-order valence-electron chi connectivity index (χ0n) is 17.4. The lowest BCUT2D eigenvalue weighted by Gasteiger charge is -2.13. The topological polar surface area (TPSA) is 146 Å². The van der Waals surface area contributed by atoms with Gasteiger partial charge < -0.3 is 15.2 Å². The Hall–Kier alpha value is -4.13. The fourth-order valence-electron chi connectivity index (χ4n) is 2.77. The zero-order valence-corrected chi connectivity index (χ0v) is 17.4. The third-order valence-electron chi connectivity index (χ3n) is 4.41. The Kier molecular flexibility index (Phi) is 7.52. The fraction of sp³-hybridized carbons (Fsp3) is 0.286. The first-order chi connectivity index (χ1) is 14.7. The first-order valence-electron chi connectivity index (χ1n) is 9.30. The third kappa shape index (κ3) is 5.08. The van der Waals surface area contributed by atoms with E-state index in [4.69, 9.17) is 15.2 Å². The van der Waals surface area contributed by atoms with Crippen molar-refractivity contribution in [2.45, 2.75) is 19.9 Å². The second kappa shape index (κ2) is 10.1. The molecule has 2 N–H and O–H groups in total. The Morgan fingerprint density at radius 2 is 1.87 bits per heavy atom. The molecule has 1 aromatic heterocycles. The highest BCUT2D eigenvalue weighted by molar-refractivity contribution is 6.03. The van der Waals surface area contributed by atoms with Gasteiger partial charge in [0.1, 0.15) is 28.8 Å². The molecule has 31 heavy (non-hydrogen) atoms. The van der Waals surface area contributed by atoms with Crippen molar-refractivity contribution in [3.05, 3.63) is 61.8 Å². The summed E-state index contributed by atoms with van der Waals surface area (Å²) in [7, 11) is 2.73. The Labute approximate surface area is 177 Å². The van der Waals surface area contributed by atoms with Gasteiger partial charge in [-0.3, -0.25) is 18.7 Å². The number of Topliss-reactive ketones (excluding diaryl/α,β-unsaturated/α-hetero) is 1. The fourth-order valence-corrected chi connectivity index (χ4v) is 2.77. The lowest BCUT2D eigenvalue weighted by atomic mass is 10.1. The molecule has 1 heterocycles. The van der Waals surface area contributed by atoms with Crippen LogP contribution < -0.4 is 21.7 Å². The van der Waals surface area contributed by atoms with Gasteiger partial charge in [-0.25, -0.2) is 9.59 Å². The molecule has 0 radical (unpaired) electrons. The van der Waals surface area contributed by atoms with Crippen molar-refractivity contribution in [2.24, 2.45) is 7.05 Å². The average molecular weight is 426 g/mol. The van der Waals surface area contributed by atoms with Gasteiger partial charge in [0.25, 0.3) is 5.56 Å². The van der Waals surface area contributed by atoms with Crippen molar-refractivity contribution in [3.63, 3.8) is 0 Å². The maximum atomic E-state index is 12.5. The summed E-state index contributed by atoms with van der Waals surface area (Å²) >= 11 is 0. The van der Waals surface area contributed by atoms with E-state index in [1.165, 1.54) is 20.2 Å². The van der Waals surface area contributed by atoms with E-state index in [0.717, 1.165) is 9.13 Å². The third-order valence-corrected chi connectivity index (χ3v) is 4.41. The number of carbonyl (C=O) groups is 2. The summed E-state index contributed by atoms with van der Waals surface area (Å²) in [4.78, 5) is 49.3. The second-order valence-corrected chi connectivity index (χ2v) is 6.50. The van der Waals surface area contributed by atoms with Gasteiger partial charge in [-0.05, 0) is 30.2 Å². The number of hydrogen-bond acceptors (Lipinski definition) is 8. The van der Waals surface area contributed by atoms with Gasteiger partial charge in [0.05, 0.1) is 7.11 Å². The molecule has 0 aliphatic carbocycles. The Balaban J connectivity index is 2.24. The van der Waals surface area contributed by atoms with Crippen LogP contribution in [0.25, 0.3) is 6.08 Å². The lowest BCUT2D eigenvalue weighted by Crippen LogP contribution is -2.43. The number of aromatic nitrogens is 2. The zero-order chi connectivity index (χ0) is 23.1. The standard InChI is InChI=1S/C21H22N4O6/c1-4-9-25-18(23)17(19(27)24(2)21(25)29)16(26)12-31-20(28)14(11-22)10-13-5-7-15(30-3)8-6-13/h5-8,10H,4,9,12,23H2,1-3H3/b14-10+. The summed E-state index contributed by atoms with van der Waals surface area (Å²) < 4.78 is 11.8. The number of nitriles is 1. The Bertz CT molecular complexity index is 1180. The van der Waals surface area contributed by atoms with Gasteiger partial charge in [0, 0.05) is 13.6 Å². The van der Waals surface area contributed by atoms with E-state index < -0.39 is 35.2 Å². The van der Waals surface area contributed by atoms with Crippen LogP contribution >= 0.6 is 0 Å². The average Bonchev–Trinajstić information content (AvgIpc) is 2.77. The lowest BCUT2D eigenvalue weighted by molar-refractivity contribution is -0.137. The van der Waals surface area contributed by atoms with Crippen LogP contribution in [0.4, 0.5) is 5.82 Å². The summed E-state index contributed by atoms with van der Waals surface area (Å²) in [5.74, 6) is -1.60. The number of nitrogen functional groups attached to an aromatic ring is 1. The van der Waals surface area contributed by atoms with Crippen LogP contribution in [0.15, 0.2) is 39.4 Å². The largest absolute Gasteiger partial charge is 0.497 e. The molecule has 1 aromatic carbocycles. The summed E-state index contributed by atoms with van der Waals surface area (Å²) in [6.07, 6.45) is 1.84. The van der Waals surface area contributed by atoms with E-state index >= 15 is 0 Å². The molecule has 0 unspecified atom stereocenters. The Morgan fingerprint density at radius 3 is 2.42 bits per heavy atom. The van der Waals surface area contributed by atoms with Crippen LogP contribution in [-0.2, 0) is 23.1 Å². The molecule has 0 bridgehead atoms. The summed E-state index contributed by atoms with van der Waals surface area (Å²) in [6.45, 7) is 1.20.